The Labute approximate surface area is 624 Å². The van der Waals surface area contributed by atoms with E-state index in [0.29, 0.717) is 5.92 Å². The zero-order chi connectivity index (χ0) is 75.0. The molecule has 0 aliphatic rings. The molecule has 0 N–H and O–H groups in total. The molecule has 0 atom stereocenters. The molecule has 0 aliphatic carbocycles. The maximum Gasteiger partial charge on any atom is 0.213 e. The van der Waals surface area contributed by atoms with Gasteiger partial charge in [0.05, 0.1) is 0 Å². The molecule has 0 spiro atoms. The van der Waals surface area contributed by atoms with E-state index >= 15 is 0 Å². The quantitative estimate of drug-likeness (QED) is 0.115. The molecule has 0 radical (unpaired) electrons. The highest BCUT2D eigenvalue weighted by atomic mass is 14.9. The monoisotopic (exact) mass is 1370 g/mol. The Hall–Kier alpha value is -10.4. The second-order valence-corrected chi connectivity index (χ2v) is 30.8. The van der Waals surface area contributed by atoms with Gasteiger partial charge in [0, 0.05) is 70.3 Å². The molecule has 528 valence electrons. The Morgan fingerprint density at radius 3 is 0.942 bits per heavy atom. The summed E-state index contributed by atoms with van der Waals surface area (Å²) in [5.74, 6) is 0.525. The van der Waals surface area contributed by atoms with E-state index in [-0.39, 0.29) is 5.41 Å². The number of hydrogen-bond donors (Lipinski definition) is 0. The minimum absolute atomic E-state index is 0.284. The van der Waals surface area contributed by atoms with Crippen LogP contribution in [0, 0.1) is 102 Å². The van der Waals surface area contributed by atoms with E-state index in [9.17, 15) is 0 Å². The minimum Gasteiger partial charge on any atom is -0.201 e. The average Bonchev–Trinajstić information content (AvgIpc) is 0.757. The van der Waals surface area contributed by atoms with Crippen molar-refractivity contribution < 1.29 is 18.3 Å². The Morgan fingerprint density at radius 1 is 0.279 bits per heavy atom. The van der Waals surface area contributed by atoms with Crippen LogP contribution in [0.1, 0.15) is 130 Å². The fourth-order valence-corrected chi connectivity index (χ4v) is 15.6. The third kappa shape index (κ3) is 17.1. The number of aromatic nitrogens is 4. The van der Waals surface area contributed by atoms with Gasteiger partial charge in [0.25, 0.3) is 0 Å². The number of hydrogen-bond acceptors (Lipinski definition) is 0. The molecule has 0 aliphatic heterocycles. The molecule has 104 heavy (non-hydrogen) atoms. The van der Waals surface area contributed by atoms with Gasteiger partial charge in [-0.05, 0) is 278 Å². The molecule has 0 amide bonds. The fraction of sp³-hybridized carbons (Fsp3) is 0.260. The second kappa shape index (κ2) is 32.9. The molecule has 0 bridgehead atoms. The first-order chi connectivity index (χ1) is 49.5. The number of nitrogens with zero attached hydrogens (tertiary/aromatic N) is 4. The number of pyridine rings is 4. The summed E-state index contributed by atoms with van der Waals surface area (Å²) in [7, 11) is 8.52. The number of benzene rings is 9. The lowest BCUT2D eigenvalue weighted by atomic mass is 9.87. The molecule has 4 nitrogen and oxygen atoms in total. The van der Waals surface area contributed by atoms with Crippen molar-refractivity contribution in [2.24, 2.45) is 33.6 Å². The summed E-state index contributed by atoms with van der Waals surface area (Å²) in [5, 5.41) is 0. The van der Waals surface area contributed by atoms with Crippen LogP contribution in [0.25, 0.3) is 101 Å². The van der Waals surface area contributed by atoms with Gasteiger partial charge in [0.15, 0.2) is 24.8 Å². The molecular formula is C100H112N4+4. The van der Waals surface area contributed by atoms with Crippen LogP contribution in [0.2, 0.25) is 0 Å². The normalized spacial score (nSPS) is 11.2. The van der Waals surface area contributed by atoms with Gasteiger partial charge in [-0.1, -0.05) is 186 Å². The molecule has 0 saturated carbocycles. The van der Waals surface area contributed by atoms with E-state index in [2.05, 4.69) is 421 Å². The van der Waals surface area contributed by atoms with E-state index in [1.54, 1.807) is 0 Å². The van der Waals surface area contributed by atoms with Crippen LogP contribution in [-0.2, 0) is 34.6 Å². The van der Waals surface area contributed by atoms with Gasteiger partial charge < -0.3 is 0 Å². The minimum atomic E-state index is 0.284. The number of rotatable bonds is 11. The van der Waals surface area contributed by atoms with Gasteiger partial charge in [-0.3, -0.25) is 0 Å². The largest absolute Gasteiger partial charge is 0.213 e. The maximum absolute atomic E-state index is 2.37. The van der Waals surface area contributed by atoms with Crippen molar-refractivity contribution in [3.63, 3.8) is 0 Å². The summed E-state index contributed by atoms with van der Waals surface area (Å²) in [5.41, 5.74) is 45.3. The predicted molar refractivity (Wildman–Crippen MR) is 443 cm³/mol. The molecule has 4 heteroatoms. The van der Waals surface area contributed by atoms with E-state index in [0.717, 1.165) is 6.42 Å². The van der Waals surface area contributed by atoms with Crippen molar-refractivity contribution in [3.05, 3.63) is 332 Å². The van der Waals surface area contributed by atoms with Crippen molar-refractivity contribution >= 4 is 0 Å². The summed E-state index contributed by atoms with van der Waals surface area (Å²) < 4.78 is 8.91. The summed E-state index contributed by atoms with van der Waals surface area (Å²) in [4.78, 5) is 0. The van der Waals surface area contributed by atoms with Crippen molar-refractivity contribution in [2.75, 3.05) is 0 Å². The van der Waals surface area contributed by atoms with Crippen LogP contribution in [0.5, 0.6) is 0 Å². The fourth-order valence-electron chi connectivity index (χ4n) is 15.6. The highest BCUT2D eigenvalue weighted by Crippen LogP contribution is 2.40. The van der Waals surface area contributed by atoms with Crippen LogP contribution in [0.3, 0.4) is 0 Å². The van der Waals surface area contributed by atoms with Crippen LogP contribution in [-0.4, -0.2) is 0 Å². The summed E-state index contributed by atoms with van der Waals surface area (Å²) >= 11 is 0. The smallest absolute Gasteiger partial charge is 0.201 e. The van der Waals surface area contributed by atoms with Gasteiger partial charge in [-0.25, -0.2) is 18.3 Å². The van der Waals surface area contributed by atoms with Gasteiger partial charge in [-0.2, -0.15) is 0 Å². The topological polar surface area (TPSA) is 15.5 Å². The third-order valence-electron chi connectivity index (χ3n) is 21.1. The lowest BCUT2D eigenvalue weighted by Crippen LogP contribution is -2.32. The van der Waals surface area contributed by atoms with E-state index < -0.39 is 0 Å². The molecule has 0 saturated heterocycles. The SMILES string of the molecule is Cc1c[n+](C)c(-c2cccc(-c3c(C)cccc3C)c2C)cc1C(C)C.Cc1cc[n+](C)c(-c2cccc(-c3c(C)cccc3C)c2C)c1.Cc1cccc(C)c1-c1cccc(-c2cc(-c3ccccc3)cc[n+]2C)c1C.Cc1cccc(C)c1-c1cccc(-c2cc(CC(C)(C)C)cc[n+]2C)c1C. The van der Waals surface area contributed by atoms with Crippen molar-refractivity contribution in [3.8, 4) is 101 Å². The van der Waals surface area contributed by atoms with Crippen LogP contribution in [0.4, 0.5) is 0 Å². The Bertz CT molecular complexity index is 5180. The first-order valence-electron chi connectivity index (χ1n) is 37.2. The standard InChI is InChI=1S/C27H26N.C26H32N.C25H30N.C22H24N/c1-19-10-8-11-20(2)27(19)25-15-9-14-24(21(25)3)26-18-23(16-17-28(26)4)22-12-6-5-7-13-22;1-18-10-8-11-19(2)25(18)23-13-9-12-22(20(23)3)24-16-21(14-15-27(24)7)17-26(4,5)6;1-16(2)23-14-24(26(7)15-19(23)5)21-12-9-13-22(20(21)6)25-17(3)10-8-11-18(25)4;1-15-12-13-23(5)21(14-15)19-10-7-11-20(18(19)4)22-16(2)8-6-9-17(22)3/h5-18H,1-4H3;8-16H,17H2,1-7H3;8-16H,1-7H3;6-14H,1-5H3/q4*+1. The summed E-state index contributed by atoms with van der Waals surface area (Å²) in [6, 6.07) is 79.3. The van der Waals surface area contributed by atoms with Crippen LogP contribution in [0.15, 0.2) is 243 Å². The predicted octanol–water partition coefficient (Wildman–Crippen LogP) is 24.1. The summed E-state index contributed by atoms with van der Waals surface area (Å²) in [6.45, 7) is 42.4. The molecule has 13 rings (SSSR count). The molecular weight excluding hydrogens is 1260 g/mol. The molecule has 4 aromatic heterocycles. The molecule has 0 unspecified atom stereocenters. The Morgan fingerprint density at radius 2 is 0.587 bits per heavy atom. The highest BCUT2D eigenvalue weighted by molar-refractivity contribution is 5.84. The van der Waals surface area contributed by atoms with Gasteiger partial charge in [0.2, 0.25) is 22.8 Å². The third-order valence-corrected chi connectivity index (χ3v) is 21.1. The molecule has 13 aromatic rings. The Kier molecular flexibility index (Phi) is 24.1. The van der Waals surface area contributed by atoms with Gasteiger partial charge in [-0.15, -0.1) is 0 Å². The summed E-state index contributed by atoms with van der Waals surface area (Å²) in [6.07, 6.45) is 9.83. The number of aryl methyl sites for hydroxylation is 14. The van der Waals surface area contributed by atoms with E-state index in [1.807, 2.05) is 0 Å². The lowest BCUT2D eigenvalue weighted by molar-refractivity contribution is -0.660. The van der Waals surface area contributed by atoms with Gasteiger partial charge >= 0.3 is 0 Å². The Balaban J connectivity index is 0.000000149. The zero-order valence-electron chi connectivity index (χ0n) is 66.7. The molecule has 9 aromatic carbocycles. The van der Waals surface area contributed by atoms with Gasteiger partial charge in [0.1, 0.15) is 28.2 Å². The average molecular weight is 1370 g/mol. The van der Waals surface area contributed by atoms with Crippen LogP contribution < -0.4 is 18.3 Å². The lowest BCUT2D eigenvalue weighted by Gasteiger charge is -2.18. The maximum atomic E-state index is 2.37. The first-order valence-corrected chi connectivity index (χ1v) is 37.2. The van der Waals surface area contributed by atoms with E-state index in [1.165, 1.54) is 190 Å². The zero-order valence-corrected chi connectivity index (χ0v) is 66.7. The highest BCUT2D eigenvalue weighted by Gasteiger charge is 2.24. The van der Waals surface area contributed by atoms with Crippen molar-refractivity contribution in [2.45, 2.75) is 144 Å². The van der Waals surface area contributed by atoms with Crippen molar-refractivity contribution in [1.82, 2.24) is 0 Å². The van der Waals surface area contributed by atoms with Crippen LogP contribution >= 0.6 is 0 Å². The first kappa shape index (κ1) is 76.2. The molecule has 0 fully saturated rings. The second-order valence-electron chi connectivity index (χ2n) is 30.8. The van der Waals surface area contributed by atoms with Crippen molar-refractivity contribution in [1.29, 1.82) is 0 Å². The molecule has 4 heterocycles. The van der Waals surface area contributed by atoms with E-state index in [4.69, 9.17) is 0 Å².